The van der Waals surface area contributed by atoms with Crippen molar-refractivity contribution in [2.45, 2.75) is 6.92 Å². The Morgan fingerprint density at radius 1 is 1.36 bits per heavy atom. The van der Waals surface area contributed by atoms with Gasteiger partial charge in [-0.15, -0.1) is 11.3 Å². The zero-order chi connectivity index (χ0) is 17.8. The monoisotopic (exact) mass is 356 g/mol. The average molecular weight is 356 g/mol. The van der Waals surface area contributed by atoms with Gasteiger partial charge in [0, 0.05) is 17.0 Å². The number of thiophene rings is 1. The van der Waals surface area contributed by atoms with Crippen molar-refractivity contribution < 1.29 is 23.8 Å². The maximum absolute atomic E-state index is 12.4. The van der Waals surface area contributed by atoms with Gasteiger partial charge in [-0.3, -0.25) is 4.79 Å². The van der Waals surface area contributed by atoms with Crippen LogP contribution >= 0.6 is 11.3 Å². The molecular formula is C19H16O5S. The summed E-state index contributed by atoms with van der Waals surface area (Å²) in [7, 11) is 0. The molecule has 0 saturated heterocycles. The van der Waals surface area contributed by atoms with E-state index < -0.39 is 5.97 Å². The molecule has 25 heavy (non-hydrogen) atoms. The molecule has 1 aliphatic heterocycles. The van der Waals surface area contributed by atoms with Gasteiger partial charge in [0.05, 0.1) is 5.56 Å². The molecule has 1 aliphatic rings. The maximum Gasteiger partial charge on any atom is 0.344 e. The van der Waals surface area contributed by atoms with Crippen LogP contribution in [-0.2, 0) is 9.53 Å². The fourth-order valence-electron chi connectivity index (χ4n) is 2.24. The molecule has 0 fully saturated rings. The first-order valence-corrected chi connectivity index (χ1v) is 8.48. The van der Waals surface area contributed by atoms with Gasteiger partial charge in [0.15, 0.2) is 12.4 Å². The van der Waals surface area contributed by atoms with Gasteiger partial charge < -0.3 is 14.2 Å². The number of ether oxygens (including phenoxy) is 3. The molecule has 128 valence electrons. The summed E-state index contributed by atoms with van der Waals surface area (Å²) in [6.07, 6.45) is 3.23. The number of aryl methyl sites for hydroxylation is 1. The molecule has 0 spiro atoms. The van der Waals surface area contributed by atoms with Crippen LogP contribution in [0.5, 0.6) is 11.5 Å². The van der Waals surface area contributed by atoms with Crippen LogP contribution < -0.4 is 9.47 Å². The molecule has 0 aliphatic carbocycles. The second-order valence-electron chi connectivity index (χ2n) is 5.33. The summed E-state index contributed by atoms with van der Waals surface area (Å²) in [6, 6.07) is 6.83. The number of hydrogen-bond donors (Lipinski definition) is 0. The fourth-order valence-corrected chi connectivity index (χ4v) is 3.09. The Hall–Kier alpha value is -2.86. The largest absolute Gasteiger partial charge is 0.482 e. The highest BCUT2D eigenvalue weighted by Crippen LogP contribution is 2.35. The third-order valence-electron chi connectivity index (χ3n) is 3.52. The van der Waals surface area contributed by atoms with Crippen molar-refractivity contribution in [3.05, 3.63) is 64.1 Å². The van der Waals surface area contributed by atoms with Crippen molar-refractivity contribution in [2.24, 2.45) is 0 Å². The number of ketones is 1. The molecule has 2 aromatic rings. The zero-order valence-electron chi connectivity index (χ0n) is 13.6. The molecule has 5 nitrogen and oxygen atoms in total. The van der Waals surface area contributed by atoms with Gasteiger partial charge in [0.2, 0.25) is 5.78 Å². The number of esters is 1. The number of rotatable bonds is 6. The highest BCUT2D eigenvalue weighted by Gasteiger charge is 2.28. The lowest BCUT2D eigenvalue weighted by Crippen LogP contribution is -2.14. The number of carbonyl (C=O) groups excluding carboxylic acids is 2. The SMILES string of the molecule is C=CCOC(=O)COc1ccc2c(c1)OC(=Cc1sccc1C)C2=O. The number of allylic oxidation sites excluding steroid dienone is 1. The first-order valence-electron chi connectivity index (χ1n) is 7.60. The molecule has 1 aromatic heterocycles. The molecule has 6 heteroatoms. The zero-order valence-corrected chi connectivity index (χ0v) is 14.4. The first-order chi connectivity index (χ1) is 12.1. The Balaban J connectivity index is 1.71. The van der Waals surface area contributed by atoms with Gasteiger partial charge in [-0.05, 0) is 36.1 Å². The Morgan fingerprint density at radius 3 is 2.92 bits per heavy atom. The summed E-state index contributed by atoms with van der Waals surface area (Å²) < 4.78 is 15.9. The minimum atomic E-state index is -0.494. The van der Waals surface area contributed by atoms with E-state index in [1.54, 1.807) is 35.6 Å². The van der Waals surface area contributed by atoms with E-state index in [1.165, 1.54) is 6.08 Å². The molecule has 0 unspecified atom stereocenters. The van der Waals surface area contributed by atoms with Gasteiger partial charge in [0.25, 0.3) is 0 Å². The minimum absolute atomic E-state index is 0.139. The van der Waals surface area contributed by atoms with Gasteiger partial charge in [0.1, 0.15) is 18.1 Å². The Labute approximate surface area is 149 Å². The van der Waals surface area contributed by atoms with E-state index in [0.717, 1.165) is 10.4 Å². The van der Waals surface area contributed by atoms with Crippen LogP contribution in [0.4, 0.5) is 0 Å². The van der Waals surface area contributed by atoms with E-state index in [4.69, 9.17) is 14.2 Å². The van der Waals surface area contributed by atoms with Crippen molar-refractivity contribution in [1.29, 1.82) is 0 Å². The quantitative estimate of drug-likeness (QED) is 0.448. The van der Waals surface area contributed by atoms with Crippen LogP contribution in [0, 0.1) is 6.92 Å². The van der Waals surface area contributed by atoms with Gasteiger partial charge in [-0.2, -0.15) is 0 Å². The van der Waals surface area contributed by atoms with Crippen molar-refractivity contribution >= 4 is 29.2 Å². The van der Waals surface area contributed by atoms with Gasteiger partial charge in [-0.1, -0.05) is 12.7 Å². The van der Waals surface area contributed by atoms with E-state index in [1.807, 2.05) is 18.4 Å². The molecule has 0 radical (unpaired) electrons. The summed E-state index contributed by atoms with van der Waals surface area (Å²) in [5.41, 5.74) is 1.56. The number of Topliss-reactive ketones (excluding diaryl/α,β-unsaturated/α-hetero) is 1. The van der Waals surface area contributed by atoms with Crippen LogP contribution in [0.2, 0.25) is 0 Å². The lowest BCUT2D eigenvalue weighted by molar-refractivity contribution is -0.144. The molecule has 0 saturated carbocycles. The second-order valence-corrected chi connectivity index (χ2v) is 6.27. The molecule has 3 rings (SSSR count). The molecule has 1 aromatic carbocycles. The third kappa shape index (κ3) is 3.80. The summed E-state index contributed by atoms with van der Waals surface area (Å²) in [4.78, 5) is 24.8. The van der Waals surface area contributed by atoms with Crippen molar-refractivity contribution in [3.63, 3.8) is 0 Å². The van der Waals surface area contributed by atoms with E-state index in [9.17, 15) is 9.59 Å². The number of benzene rings is 1. The Morgan fingerprint density at radius 2 is 2.20 bits per heavy atom. The van der Waals surface area contributed by atoms with Crippen LogP contribution in [-0.4, -0.2) is 25.0 Å². The average Bonchev–Trinajstić information content (AvgIpc) is 3.15. The van der Waals surface area contributed by atoms with Gasteiger partial charge >= 0.3 is 5.97 Å². The lowest BCUT2D eigenvalue weighted by Gasteiger charge is -2.06. The smallest absolute Gasteiger partial charge is 0.344 e. The van der Waals surface area contributed by atoms with Crippen LogP contribution in [0.1, 0.15) is 20.8 Å². The lowest BCUT2D eigenvalue weighted by atomic mass is 10.1. The number of fused-ring (bicyclic) bond motifs is 1. The standard InChI is InChI=1S/C19H16O5S/c1-3-7-22-18(20)11-23-13-4-5-14-15(9-13)24-16(19(14)21)10-17-12(2)6-8-25-17/h3-6,8-10H,1,7,11H2,2H3. The predicted octanol–water partition coefficient (Wildman–Crippen LogP) is 3.78. The van der Waals surface area contributed by atoms with Crippen molar-refractivity contribution in [1.82, 2.24) is 0 Å². The summed E-state index contributed by atoms with van der Waals surface area (Å²) in [5, 5.41) is 1.96. The van der Waals surface area contributed by atoms with Crippen molar-refractivity contribution in [2.75, 3.05) is 13.2 Å². The summed E-state index contributed by atoms with van der Waals surface area (Å²) >= 11 is 1.55. The van der Waals surface area contributed by atoms with Crippen molar-refractivity contribution in [3.8, 4) is 11.5 Å². The van der Waals surface area contributed by atoms with Gasteiger partial charge in [-0.25, -0.2) is 4.79 Å². The van der Waals surface area contributed by atoms with E-state index in [2.05, 4.69) is 6.58 Å². The minimum Gasteiger partial charge on any atom is -0.482 e. The van der Waals surface area contributed by atoms with Crippen LogP contribution in [0.3, 0.4) is 0 Å². The van der Waals surface area contributed by atoms with E-state index in [0.29, 0.717) is 17.1 Å². The topological polar surface area (TPSA) is 61.8 Å². The normalized spacial score (nSPS) is 14.1. The fraction of sp³-hybridized carbons (Fsp3) is 0.158. The molecule has 2 heterocycles. The van der Waals surface area contributed by atoms with Crippen LogP contribution in [0.25, 0.3) is 6.08 Å². The second kappa shape index (κ2) is 7.36. The highest BCUT2D eigenvalue weighted by atomic mass is 32.1. The summed E-state index contributed by atoms with van der Waals surface area (Å²) in [5.74, 6) is 0.465. The molecular weight excluding hydrogens is 340 g/mol. The first kappa shape index (κ1) is 17.0. The summed E-state index contributed by atoms with van der Waals surface area (Å²) in [6.45, 7) is 5.36. The maximum atomic E-state index is 12.4. The van der Waals surface area contributed by atoms with Crippen LogP contribution in [0.15, 0.2) is 48.1 Å². The highest BCUT2D eigenvalue weighted by molar-refractivity contribution is 7.11. The van der Waals surface area contributed by atoms with E-state index in [-0.39, 0.29) is 24.8 Å². The Kier molecular flexibility index (Phi) is 5.00. The molecule has 0 amide bonds. The molecule has 0 atom stereocenters. The molecule has 0 bridgehead atoms. The Bertz CT molecular complexity index is 862. The third-order valence-corrected chi connectivity index (χ3v) is 4.49. The van der Waals surface area contributed by atoms with E-state index >= 15 is 0 Å². The number of carbonyl (C=O) groups is 2. The molecule has 0 N–H and O–H groups in total. The predicted molar refractivity (Wildman–Crippen MR) is 95.1 cm³/mol. The number of hydrogen-bond acceptors (Lipinski definition) is 6.